The number of hydrogen-bond donors (Lipinski definition) is 1. The molecule has 2 heterocycles. The molecule has 3 rings (SSSR count). The van der Waals surface area contributed by atoms with Gasteiger partial charge in [-0.1, -0.05) is 11.6 Å². The van der Waals surface area contributed by atoms with E-state index in [1.54, 1.807) is 0 Å². The molecule has 78 valence electrons. The minimum Gasteiger partial charge on any atom is -0.325 e. The van der Waals surface area contributed by atoms with Gasteiger partial charge in [0.1, 0.15) is 0 Å². The summed E-state index contributed by atoms with van der Waals surface area (Å²) in [5.74, 6) is 0.704. The van der Waals surface area contributed by atoms with Gasteiger partial charge < -0.3 is 10.1 Å². The molecular weight excluding hydrogens is 210 g/mol. The molecule has 1 fully saturated rings. The quantitative estimate of drug-likeness (QED) is 0.846. The molecule has 3 nitrogen and oxygen atoms in total. The van der Waals surface area contributed by atoms with Gasteiger partial charge in [0.25, 0.3) is 0 Å². The maximum Gasteiger partial charge on any atom is 0.155 e. The number of fused-ring (bicyclic) bond motifs is 1. The molecule has 15 heavy (non-hydrogen) atoms. The number of aromatic nitrogens is 2. The van der Waals surface area contributed by atoms with E-state index in [1.807, 2.05) is 16.7 Å². The third kappa shape index (κ3) is 1.52. The SMILES string of the molecule is NCc1cn2cc(C3CC3)cc(Cl)c2n1. The lowest BCUT2D eigenvalue weighted by Crippen LogP contribution is -1.95. The van der Waals surface area contributed by atoms with Crippen LogP contribution in [-0.2, 0) is 6.54 Å². The van der Waals surface area contributed by atoms with Gasteiger partial charge in [0.05, 0.1) is 10.7 Å². The van der Waals surface area contributed by atoms with Crippen LogP contribution in [0, 0.1) is 0 Å². The van der Waals surface area contributed by atoms with Crippen LogP contribution in [0.5, 0.6) is 0 Å². The minimum absolute atomic E-state index is 0.455. The van der Waals surface area contributed by atoms with Gasteiger partial charge in [-0.25, -0.2) is 4.98 Å². The summed E-state index contributed by atoms with van der Waals surface area (Å²) in [5.41, 5.74) is 8.55. The molecule has 1 saturated carbocycles. The molecule has 0 saturated heterocycles. The number of nitrogens with zero attached hydrogens (tertiary/aromatic N) is 2. The number of pyridine rings is 1. The lowest BCUT2D eigenvalue weighted by molar-refractivity contribution is 1.01. The molecule has 0 aliphatic heterocycles. The second-order valence-electron chi connectivity index (χ2n) is 4.06. The fraction of sp³-hybridized carbons (Fsp3) is 0.364. The molecule has 4 heteroatoms. The molecule has 1 aliphatic carbocycles. The first-order valence-electron chi connectivity index (χ1n) is 5.15. The normalized spacial score (nSPS) is 16.1. The van der Waals surface area contributed by atoms with Crippen LogP contribution in [-0.4, -0.2) is 9.38 Å². The number of imidazole rings is 1. The summed E-state index contributed by atoms with van der Waals surface area (Å²) < 4.78 is 1.98. The molecule has 0 aromatic carbocycles. The smallest absolute Gasteiger partial charge is 0.155 e. The van der Waals surface area contributed by atoms with Gasteiger partial charge >= 0.3 is 0 Å². The van der Waals surface area contributed by atoms with E-state index in [9.17, 15) is 0 Å². The third-order valence-corrected chi connectivity index (χ3v) is 3.11. The average Bonchev–Trinajstić information content (AvgIpc) is 2.98. The third-order valence-electron chi connectivity index (χ3n) is 2.84. The van der Waals surface area contributed by atoms with Crippen LogP contribution in [0.15, 0.2) is 18.5 Å². The lowest BCUT2D eigenvalue weighted by Gasteiger charge is -2.01. The van der Waals surface area contributed by atoms with E-state index >= 15 is 0 Å². The Morgan fingerprint density at radius 3 is 2.93 bits per heavy atom. The van der Waals surface area contributed by atoms with Crippen LogP contribution >= 0.6 is 11.6 Å². The monoisotopic (exact) mass is 221 g/mol. The van der Waals surface area contributed by atoms with Gasteiger partial charge in [-0.3, -0.25) is 0 Å². The van der Waals surface area contributed by atoms with Crippen molar-refractivity contribution < 1.29 is 0 Å². The Bertz CT molecular complexity index is 514. The highest BCUT2D eigenvalue weighted by atomic mass is 35.5. The van der Waals surface area contributed by atoms with Gasteiger partial charge in [-0.15, -0.1) is 0 Å². The van der Waals surface area contributed by atoms with E-state index in [-0.39, 0.29) is 0 Å². The van der Waals surface area contributed by atoms with Crippen molar-refractivity contribution in [2.24, 2.45) is 5.73 Å². The first-order chi connectivity index (χ1) is 7.28. The maximum absolute atomic E-state index is 6.18. The molecule has 2 aromatic rings. The fourth-order valence-electron chi connectivity index (χ4n) is 1.87. The highest BCUT2D eigenvalue weighted by molar-refractivity contribution is 6.33. The molecule has 0 spiro atoms. The zero-order valence-corrected chi connectivity index (χ0v) is 9.04. The highest BCUT2D eigenvalue weighted by Crippen LogP contribution is 2.41. The summed E-state index contributed by atoms with van der Waals surface area (Å²) in [6.07, 6.45) is 6.62. The lowest BCUT2D eigenvalue weighted by atomic mass is 10.2. The van der Waals surface area contributed by atoms with E-state index in [1.165, 1.54) is 18.4 Å². The van der Waals surface area contributed by atoms with Crippen molar-refractivity contribution in [1.82, 2.24) is 9.38 Å². The van der Waals surface area contributed by atoms with Crippen LogP contribution in [0.4, 0.5) is 0 Å². The molecule has 2 aromatic heterocycles. The van der Waals surface area contributed by atoms with E-state index in [0.717, 1.165) is 16.4 Å². The summed E-state index contributed by atoms with van der Waals surface area (Å²) in [5, 5.41) is 0.721. The van der Waals surface area contributed by atoms with Gasteiger partial charge in [-0.05, 0) is 30.4 Å². The number of rotatable bonds is 2. The Labute approximate surface area is 92.9 Å². The summed E-state index contributed by atoms with van der Waals surface area (Å²) in [6, 6.07) is 2.03. The predicted octanol–water partition coefficient (Wildman–Crippen LogP) is 2.32. The molecule has 2 N–H and O–H groups in total. The van der Waals surface area contributed by atoms with E-state index in [0.29, 0.717) is 12.5 Å². The molecule has 0 bridgehead atoms. The summed E-state index contributed by atoms with van der Waals surface area (Å²) in [4.78, 5) is 4.36. The summed E-state index contributed by atoms with van der Waals surface area (Å²) in [6.45, 7) is 0.455. The zero-order valence-electron chi connectivity index (χ0n) is 8.28. The van der Waals surface area contributed by atoms with Crippen LogP contribution in [0.3, 0.4) is 0 Å². The van der Waals surface area contributed by atoms with Crippen molar-refractivity contribution in [1.29, 1.82) is 0 Å². The Morgan fingerprint density at radius 1 is 1.47 bits per heavy atom. The molecule has 0 radical (unpaired) electrons. The summed E-state index contributed by atoms with van der Waals surface area (Å²) in [7, 11) is 0. The Balaban J connectivity index is 2.20. The largest absolute Gasteiger partial charge is 0.325 e. The molecule has 0 atom stereocenters. The first-order valence-corrected chi connectivity index (χ1v) is 5.53. The predicted molar refractivity (Wildman–Crippen MR) is 60.1 cm³/mol. The minimum atomic E-state index is 0.455. The highest BCUT2D eigenvalue weighted by Gasteiger charge is 2.24. The maximum atomic E-state index is 6.18. The van der Waals surface area contributed by atoms with Gasteiger partial charge in [0.15, 0.2) is 5.65 Å². The fourth-order valence-corrected chi connectivity index (χ4v) is 2.13. The van der Waals surface area contributed by atoms with Crippen molar-refractivity contribution in [2.45, 2.75) is 25.3 Å². The van der Waals surface area contributed by atoms with Crippen LogP contribution in [0.25, 0.3) is 5.65 Å². The van der Waals surface area contributed by atoms with Crippen molar-refractivity contribution in [3.8, 4) is 0 Å². The summed E-state index contributed by atoms with van der Waals surface area (Å²) >= 11 is 6.18. The number of hydrogen-bond acceptors (Lipinski definition) is 2. The van der Waals surface area contributed by atoms with E-state index in [2.05, 4.69) is 11.2 Å². The van der Waals surface area contributed by atoms with Crippen molar-refractivity contribution >= 4 is 17.2 Å². The molecule has 0 unspecified atom stereocenters. The molecule has 0 amide bonds. The van der Waals surface area contributed by atoms with Gasteiger partial charge in [0, 0.05) is 18.9 Å². The average molecular weight is 222 g/mol. The topological polar surface area (TPSA) is 43.3 Å². The second-order valence-corrected chi connectivity index (χ2v) is 4.47. The van der Waals surface area contributed by atoms with Crippen LogP contribution in [0.1, 0.15) is 30.0 Å². The zero-order chi connectivity index (χ0) is 10.4. The first kappa shape index (κ1) is 9.19. The second kappa shape index (κ2) is 3.22. The van der Waals surface area contributed by atoms with Crippen LogP contribution in [0.2, 0.25) is 5.02 Å². The number of nitrogens with two attached hydrogens (primary N) is 1. The van der Waals surface area contributed by atoms with Crippen LogP contribution < -0.4 is 5.73 Å². The number of halogens is 1. The molecule has 1 aliphatic rings. The standard InChI is InChI=1S/C11H12ClN3/c12-10-3-8(7-1-2-7)5-15-6-9(4-13)14-11(10)15/h3,5-7H,1-2,4,13H2. The van der Waals surface area contributed by atoms with Crippen molar-refractivity contribution in [3.05, 3.63) is 34.7 Å². The van der Waals surface area contributed by atoms with Crippen molar-refractivity contribution in [3.63, 3.8) is 0 Å². The van der Waals surface area contributed by atoms with E-state index < -0.39 is 0 Å². The Morgan fingerprint density at radius 2 is 2.27 bits per heavy atom. The van der Waals surface area contributed by atoms with Gasteiger partial charge in [0.2, 0.25) is 0 Å². The molecular formula is C11H12ClN3. The Hall–Kier alpha value is -1.06. The Kier molecular flexibility index (Phi) is 1.97. The van der Waals surface area contributed by atoms with Crippen molar-refractivity contribution in [2.75, 3.05) is 0 Å². The van der Waals surface area contributed by atoms with Gasteiger partial charge in [-0.2, -0.15) is 0 Å². The van der Waals surface area contributed by atoms with E-state index in [4.69, 9.17) is 17.3 Å².